The van der Waals surface area contributed by atoms with E-state index in [1.807, 2.05) is 0 Å². The lowest BCUT2D eigenvalue weighted by Crippen LogP contribution is -2.17. The Kier molecular flexibility index (Phi) is 8.70. The van der Waals surface area contributed by atoms with Crippen molar-refractivity contribution in [3.05, 3.63) is 52.2 Å². The molecule has 0 spiro atoms. The number of terminal acetylenes is 1. The Labute approximate surface area is 207 Å². The van der Waals surface area contributed by atoms with Gasteiger partial charge in [0, 0.05) is 0 Å². The van der Waals surface area contributed by atoms with E-state index in [0.717, 1.165) is 5.39 Å². The lowest BCUT2D eigenvalue weighted by Gasteiger charge is -2.07. The molecular formula is C20H18ClN11O2S. The van der Waals surface area contributed by atoms with Crippen molar-refractivity contribution in [3.8, 4) is 23.8 Å². The van der Waals surface area contributed by atoms with Crippen molar-refractivity contribution in [2.24, 2.45) is 37.1 Å². The van der Waals surface area contributed by atoms with Gasteiger partial charge in [-0.1, -0.05) is 22.7 Å². The molecule has 3 N–H and O–H groups in total. The van der Waals surface area contributed by atoms with E-state index in [0.29, 0.717) is 43.9 Å². The van der Waals surface area contributed by atoms with Crippen LogP contribution in [0.25, 0.3) is 26.1 Å². The Morgan fingerprint density at radius 2 is 2.00 bits per heavy atom. The van der Waals surface area contributed by atoms with Crippen LogP contribution >= 0.6 is 22.9 Å². The van der Waals surface area contributed by atoms with Gasteiger partial charge in [0.05, 0.1) is 43.0 Å². The molecule has 1 aromatic carbocycles. The Bertz CT molecular complexity index is 1490. The monoisotopic (exact) mass is 511 g/mol. The van der Waals surface area contributed by atoms with E-state index in [2.05, 4.69) is 58.3 Å². The molecule has 0 radical (unpaired) electrons. The largest absolute Gasteiger partial charge is 0.497 e. The molecule has 3 aromatic heterocycles. The zero-order valence-electron chi connectivity index (χ0n) is 18.5. The maximum Gasteiger partial charge on any atom is 0.275 e. The molecule has 0 amide bonds. The second-order valence-electron chi connectivity index (χ2n) is 6.30. The first kappa shape index (κ1) is 25.1. The molecule has 15 heteroatoms. The van der Waals surface area contributed by atoms with Crippen molar-refractivity contribution in [2.75, 3.05) is 26.0 Å². The second-order valence-corrected chi connectivity index (χ2v) is 7.69. The van der Waals surface area contributed by atoms with Crippen LogP contribution in [-0.2, 0) is 0 Å². The van der Waals surface area contributed by atoms with Crippen LogP contribution in [0.5, 0.6) is 5.75 Å². The van der Waals surface area contributed by atoms with Crippen LogP contribution in [-0.4, -0.2) is 35.2 Å². The van der Waals surface area contributed by atoms with E-state index in [1.165, 1.54) is 29.3 Å². The first-order valence-electron chi connectivity index (χ1n) is 9.65. The highest BCUT2D eigenvalue weighted by atomic mass is 35.5. The summed E-state index contributed by atoms with van der Waals surface area (Å²) in [6.45, 7) is 0.329. The highest BCUT2D eigenvalue weighted by Crippen LogP contribution is 2.36. The molecule has 35 heavy (non-hydrogen) atoms. The lowest BCUT2D eigenvalue weighted by atomic mass is 10.2. The minimum Gasteiger partial charge on any atom is -0.497 e. The number of nitrogens with zero attached hydrogens (tertiary/aromatic N) is 9. The van der Waals surface area contributed by atoms with Gasteiger partial charge < -0.3 is 15.9 Å². The standard InChI is InChI=1S/C19H13ClN4O2S.CH5N7/c1-3-8-21-13-9-14(20)23-18-15(13)16-17(27-18)19(25)24(10-22-16)11-4-6-12(26-2)7-5-11;1-3-5-7-8-6-4-2/h1,4-7,9-10H,8H2,2H3,(H,21,23);1H3,(H2,2,3,6,7). The Balaban J connectivity index is 0.000000371. The van der Waals surface area contributed by atoms with Crippen LogP contribution in [0.1, 0.15) is 0 Å². The maximum absolute atomic E-state index is 13.1. The number of aromatic nitrogens is 3. The van der Waals surface area contributed by atoms with Gasteiger partial charge in [0.15, 0.2) is 0 Å². The number of methoxy groups -OCH3 is 1. The predicted octanol–water partition coefficient (Wildman–Crippen LogP) is 4.38. The molecule has 0 aliphatic heterocycles. The first-order valence-corrected chi connectivity index (χ1v) is 10.8. The molecule has 0 saturated carbocycles. The van der Waals surface area contributed by atoms with E-state index < -0.39 is 0 Å². The van der Waals surface area contributed by atoms with Crippen molar-refractivity contribution in [1.29, 1.82) is 0 Å². The first-order chi connectivity index (χ1) is 17.0. The van der Waals surface area contributed by atoms with Gasteiger partial charge in [-0.25, -0.2) is 9.97 Å². The summed E-state index contributed by atoms with van der Waals surface area (Å²) >= 11 is 7.37. The summed E-state index contributed by atoms with van der Waals surface area (Å²) in [6, 6.07) is 8.87. The van der Waals surface area contributed by atoms with E-state index in [9.17, 15) is 4.79 Å². The third kappa shape index (κ3) is 5.91. The van der Waals surface area contributed by atoms with Gasteiger partial charge in [-0.15, -0.1) is 17.8 Å². The molecule has 0 atom stereocenters. The number of halogens is 1. The van der Waals surface area contributed by atoms with Gasteiger partial charge in [-0.05, 0) is 51.2 Å². The smallest absolute Gasteiger partial charge is 0.275 e. The fourth-order valence-electron chi connectivity index (χ4n) is 2.91. The number of ether oxygens (including phenoxy) is 1. The normalized spacial score (nSPS) is 11.3. The van der Waals surface area contributed by atoms with Crippen molar-refractivity contribution >= 4 is 49.1 Å². The fourth-order valence-corrected chi connectivity index (χ4v) is 4.24. The van der Waals surface area contributed by atoms with Crippen LogP contribution in [0.3, 0.4) is 0 Å². The minimum absolute atomic E-state index is 0.174. The number of anilines is 1. The van der Waals surface area contributed by atoms with E-state index >= 15 is 0 Å². The molecule has 0 saturated heterocycles. The van der Waals surface area contributed by atoms with E-state index in [-0.39, 0.29) is 5.56 Å². The second kappa shape index (κ2) is 12.1. The zero-order chi connectivity index (χ0) is 25.2. The van der Waals surface area contributed by atoms with Gasteiger partial charge in [0.1, 0.15) is 26.8 Å². The third-order valence-electron chi connectivity index (χ3n) is 4.31. The number of benzene rings is 1. The van der Waals surface area contributed by atoms with Crippen molar-refractivity contribution in [2.45, 2.75) is 0 Å². The summed E-state index contributed by atoms with van der Waals surface area (Å²) in [5.74, 6) is 7.78. The summed E-state index contributed by atoms with van der Waals surface area (Å²) < 4.78 is 7.15. The van der Waals surface area contributed by atoms with Gasteiger partial charge >= 0.3 is 0 Å². The number of nitrogens with two attached hydrogens (primary N) is 1. The average molecular weight is 512 g/mol. The van der Waals surface area contributed by atoms with E-state index in [1.54, 1.807) is 37.4 Å². The summed E-state index contributed by atoms with van der Waals surface area (Å²) in [7, 11) is 3.05. The number of nitrogens with one attached hydrogen (secondary N) is 1. The van der Waals surface area contributed by atoms with Crippen LogP contribution in [0.2, 0.25) is 5.15 Å². The minimum atomic E-state index is -0.174. The number of hydrogen-bond acceptors (Lipinski definition) is 8. The van der Waals surface area contributed by atoms with Crippen LogP contribution in [0, 0.1) is 12.3 Å². The van der Waals surface area contributed by atoms with Crippen LogP contribution in [0.4, 0.5) is 5.69 Å². The Morgan fingerprint density at radius 3 is 2.66 bits per heavy atom. The number of pyridine rings is 1. The van der Waals surface area contributed by atoms with E-state index in [4.69, 9.17) is 22.8 Å². The van der Waals surface area contributed by atoms with Crippen LogP contribution in [0.15, 0.2) is 72.7 Å². The highest BCUT2D eigenvalue weighted by molar-refractivity contribution is 7.25. The lowest BCUT2D eigenvalue weighted by molar-refractivity contribution is 0.414. The third-order valence-corrected chi connectivity index (χ3v) is 5.57. The molecule has 0 aliphatic carbocycles. The molecule has 4 aromatic rings. The summed E-state index contributed by atoms with van der Waals surface area (Å²) in [4.78, 5) is 22.5. The SMILES string of the molecule is C#CCNc1cc(Cl)nc2sc3c(=O)n(-c4ccc(OC)cc4)cnc3c12.CN=N/N=N/N=N/N. The quantitative estimate of drug-likeness (QED) is 0.128. The summed E-state index contributed by atoms with van der Waals surface area (Å²) in [5, 5.41) is 22.2. The fraction of sp³-hybridized carbons (Fsp3) is 0.150. The van der Waals surface area contributed by atoms with Gasteiger partial charge in [0.25, 0.3) is 5.56 Å². The molecule has 0 unspecified atom stereocenters. The summed E-state index contributed by atoms with van der Waals surface area (Å²) in [5.41, 5.74) is 1.81. The topological polar surface area (TPSA) is 169 Å². The van der Waals surface area contributed by atoms with Crippen molar-refractivity contribution in [3.63, 3.8) is 0 Å². The number of fused-ring (bicyclic) bond motifs is 3. The number of thiophene rings is 1. The molecule has 4 rings (SSSR count). The molecule has 178 valence electrons. The van der Waals surface area contributed by atoms with Crippen molar-refractivity contribution < 1.29 is 4.74 Å². The molecule has 0 bridgehead atoms. The molecule has 3 heterocycles. The Morgan fingerprint density at radius 1 is 1.26 bits per heavy atom. The predicted molar refractivity (Wildman–Crippen MR) is 134 cm³/mol. The summed E-state index contributed by atoms with van der Waals surface area (Å²) in [6.07, 6.45) is 6.85. The Hall–Kier alpha value is -4.48. The molecular weight excluding hydrogens is 494 g/mol. The van der Waals surface area contributed by atoms with Gasteiger partial charge in [-0.3, -0.25) is 9.36 Å². The van der Waals surface area contributed by atoms with Crippen LogP contribution < -0.4 is 21.5 Å². The molecule has 0 aliphatic rings. The van der Waals surface area contributed by atoms with Gasteiger partial charge in [-0.2, -0.15) is 5.11 Å². The number of hydrogen-bond donors (Lipinski definition) is 2. The molecule has 0 fully saturated rings. The number of rotatable bonds is 6. The zero-order valence-corrected chi connectivity index (χ0v) is 20.0. The average Bonchev–Trinajstić information content (AvgIpc) is 3.25. The van der Waals surface area contributed by atoms with Gasteiger partial charge in [0.2, 0.25) is 0 Å². The van der Waals surface area contributed by atoms with Crippen molar-refractivity contribution in [1.82, 2.24) is 14.5 Å². The molecule has 13 nitrogen and oxygen atoms in total. The maximum atomic E-state index is 13.1. The highest BCUT2D eigenvalue weighted by Gasteiger charge is 2.17.